The third-order valence-electron chi connectivity index (χ3n) is 5.76. The fourth-order valence-electron chi connectivity index (χ4n) is 4.09. The normalized spacial score (nSPS) is 13.5. The van der Waals surface area contributed by atoms with Crippen molar-refractivity contribution in [1.82, 2.24) is 14.8 Å². The summed E-state index contributed by atoms with van der Waals surface area (Å²) in [6, 6.07) is 7.04. The van der Waals surface area contributed by atoms with Crippen molar-refractivity contribution in [2.45, 2.75) is 12.8 Å². The number of nitrogens with zero attached hydrogens (tertiary/aromatic N) is 3. The fraction of sp³-hybridized carbons (Fsp3) is 0.333. The second-order valence-electron chi connectivity index (χ2n) is 8.56. The molecule has 0 fully saturated rings. The van der Waals surface area contributed by atoms with Crippen LogP contribution in [0.15, 0.2) is 35.5 Å². The summed E-state index contributed by atoms with van der Waals surface area (Å²) in [6.45, 7) is 1.54. The molecule has 0 spiro atoms. The number of rotatable bonds is 7. The number of carbonyl (C=O) groups excluding carboxylic acids is 1. The van der Waals surface area contributed by atoms with E-state index in [0.29, 0.717) is 40.2 Å². The summed E-state index contributed by atoms with van der Waals surface area (Å²) >= 11 is 0. The van der Waals surface area contributed by atoms with Crippen LogP contribution >= 0.6 is 0 Å². The van der Waals surface area contributed by atoms with Crippen LogP contribution in [0.3, 0.4) is 0 Å². The van der Waals surface area contributed by atoms with E-state index in [1.54, 1.807) is 12.1 Å². The Hall–Kier alpha value is -3.16. The molecule has 3 aromatic rings. The van der Waals surface area contributed by atoms with Gasteiger partial charge < -0.3 is 25.0 Å². The van der Waals surface area contributed by atoms with Crippen LogP contribution in [0.2, 0.25) is 0 Å². The molecule has 162 valence electrons. The summed E-state index contributed by atoms with van der Waals surface area (Å²) in [5.41, 5.74) is 3.64. The molecule has 0 atom stereocenters. The lowest BCUT2D eigenvalue weighted by molar-refractivity contribution is -0.112. The monoisotopic (exact) mass is 420 g/mol. The first-order valence-electron chi connectivity index (χ1n) is 10.4. The third-order valence-corrected chi connectivity index (χ3v) is 5.76. The summed E-state index contributed by atoms with van der Waals surface area (Å²) in [6.07, 6.45) is 3.22. The molecule has 1 aromatic heterocycles. The van der Waals surface area contributed by atoms with E-state index in [1.165, 1.54) is 0 Å². The number of phenols is 2. The lowest BCUT2D eigenvalue weighted by atomic mass is 9.97. The van der Waals surface area contributed by atoms with Crippen LogP contribution in [0.5, 0.6) is 11.5 Å². The van der Waals surface area contributed by atoms with Crippen LogP contribution in [-0.2, 0) is 11.2 Å². The molecule has 0 saturated carbocycles. The Labute approximate surface area is 180 Å². The molecule has 2 aromatic carbocycles. The molecular weight excluding hydrogens is 392 g/mol. The summed E-state index contributed by atoms with van der Waals surface area (Å²) in [5, 5.41) is 23.4. The van der Waals surface area contributed by atoms with Crippen molar-refractivity contribution in [2.75, 3.05) is 41.3 Å². The Bertz CT molecular complexity index is 1290. The minimum absolute atomic E-state index is 0.0380. The molecule has 7 nitrogen and oxygen atoms in total. The van der Waals surface area contributed by atoms with Crippen LogP contribution in [0.25, 0.3) is 27.6 Å². The number of H-pyrrole nitrogens is 1. The molecular formula is C24H28N4O3. The Morgan fingerprint density at radius 2 is 1.61 bits per heavy atom. The van der Waals surface area contributed by atoms with E-state index in [1.807, 2.05) is 51.4 Å². The Morgan fingerprint density at radius 1 is 0.935 bits per heavy atom. The summed E-state index contributed by atoms with van der Waals surface area (Å²) in [5.74, 6) is -0.130. The molecule has 7 heteroatoms. The predicted octanol–water partition coefficient (Wildman–Crippen LogP) is 1.61. The standard InChI is InChI=1S/C24H28N4O3/c1-27(2)11-9-14-13-25-18-7-5-16(23(30)20(14)18)15-6-8-19(29)21-17(10-12-28(3)4)24(31)26-22(15)21/h5-8,13,25,29-30H,9-12H2,1-4H3. The Morgan fingerprint density at radius 3 is 2.32 bits per heavy atom. The number of aromatic hydroxyl groups is 2. The van der Waals surface area contributed by atoms with Gasteiger partial charge in [-0.15, -0.1) is 0 Å². The van der Waals surface area contributed by atoms with Crippen LogP contribution in [0.1, 0.15) is 12.0 Å². The maximum atomic E-state index is 12.6. The predicted molar refractivity (Wildman–Crippen MR) is 122 cm³/mol. The van der Waals surface area contributed by atoms with Gasteiger partial charge in [0, 0.05) is 46.9 Å². The number of hydrogen-bond acceptors (Lipinski definition) is 5. The van der Waals surface area contributed by atoms with Crippen molar-refractivity contribution in [3.8, 4) is 22.6 Å². The highest BCUT2D eigenvalue weighted by Gasteiger charge is 2.23. The molecule has 0 saturated heterocycles. The first-order chi connectivity index (χ1) is 14.8. The van der Waals surface area contributed by atoms with Crippen molar-refractivity contribution in [3.05, 3.63) is 46.6 Å². The molecule has 0 aliphatic carbocycles. The van der Waals surface area contributed by atoms with Gasteiger partial charge in [-0.05, 0) is 70.9 Å². The van der Waals surface area contributed by atoms with E-state index < -0.39 is 0 Å². The average Bonchev–Trinajstić information content (AvgIpc) is 3.27. The zero-order valence-electron chi connectivity index (χ0n) is 18.4. The Balaban J connectivity index is 1.89. The van der Waals surface area contributed by atoms with E-state index in [2.05, 4.69) is 14.9 Å². The number of likely N-dealkylation sites (N-methyl/N-ethyl adjacent to an activating group) is 1. The van der Waals surface area contributed by atoms with Gasteiger partial charge in [0.1, 0.15) is 11.5 Å². The minimum atomic E-state index is -0.325. The molecule has 1 aliphatic heterocycles. The second-order valence-corrected chi connectivity index (χ2v) is 8.56. The largest absolute Gasteiger partial charge is 0.507 e. The minimum Gasteiger partial charge on any atom is -0.507 e. The number of hydrogen-bond donors (Lipinski definition) is 3. The number of nitrogens with one attached hydrogen (secondary N) is 1. The molecule has 2 heterocycles. The van der Waals surface area contributed by atoms with E-state index >= 15 is 0 Å². The topological polar surface area (TPSA) is 92.2 Å². The summed E-state index contributed by atoms with van der Waals surface area (Å²) in [4.78, 5) is 24.2. The molecule has 1 amide bonds. The molecule has 1 aliphatic rings. The maximum Gasteiger partial charge on any atom is 0.274 e. The molecule has 0 radical (unpaired) electrons. The van der Waals surface area contributed by atoms with Crippen molar-refractivity contribution in [2.24, 2.45) is 4.99 Å². The van der Waals surface area contributed by atoms with Crippen molar-refractivity contribution in [3.63, 3.8) is 0 Å². The summed E-state index contributed by atoms with van der Waals surface area (Å²) < 4.78 is 0. The van der Waals surface area contributed by atoms with E-state index in [0.717, 1.165) is 29.4 Å². The van der Waals surface area contributed by atoms with Crippen molar-refractivity contribution < 1.29 is 15.0 Å². The van der Waals surface area contributed by atoms with Crippen LogP contribution < -0.4 is 10.6 Å². The van der Waals surface area contributed by atoms with Gasteiger partial charge in [0.2, 0.25) is 0 Å². The quantitative estimate of drug-likeness (QED) is 0.540. The number of carbonyl (C=O) groups is 1. The molecule has 31 heavy (non-hydrogen) atoms. The fourth-order valence-corrected chi connectivity index (χ4v) is 4.09. The van der Waals surface area contributed by atoms with Gasteiger partial charge in [0.05, 0.1) is 10.6 Å². The third kappa shape index (κ3) is 3.82. The molecule has 0 bridgehead atoms. The van der Waals surface area contributed by atoms with Crippen LogP contribution in [0, 0.1) is 0 Å². The van der Waals surface area contributed by atoms with E-state index in [-0.39, 0.29) is 17.4 Å². The van der Waals surface area contributed by atoms with E-state index in [4.69, 9.17) is 0 Å². The van der Waals surface area contributed by atoms with Gasteiger partial charge in [-0.2, -0.15) is 0 Å². The van der Waals surface area contributed by atoms with Gasteiger partial charge in [0.25, 0.3) is 5.91 Å². The average molecular weight is 421 g/mol. The zero-order valence-corrected chi connectivity index (χ0v) is 18.4. The highest BCUT2D eigenvalue weighted by atomic mass is 16.3. The molecule has 0 unspecified atom stereocenters. The summed E-state index contributed by atoms with van der Waals surface area (Å²) in [7, 11) is 7.91. The number of aromatic nitrogens is 1. The first-order valence-corrected chi connectivity index (χ1v) is 10.4. The smallest absolute Gasteiger partial charge is 0.274 e. The highest BCUT2D eigenvalue weighted by molar-refractivity contribution is 6.16. The first kappa shape index (κ1) is 21.1. The highest BCUT2D eigenvalue weighted by Crippen LogP contribution is 2.37. The van der Waals surface area contributed by atoms with Crippen molar-refractivity contribution in [1.29, 1.82) is 0 Å². The van der Waals surface area contributed by atoms with Crippen LogP contribution in [0.4, 0.5) is 0 Å². The number of fused-ring (bicyclic) bond motifs is 2. The van der Waals surface area contributed by atoms with Gasteiger partial charge in [0.15, 0.2) is 0 Å². The van der Waals surface area contributed by atoms with Gasteiger partial charge in [-0.25, -0.2) is 4.99 Å². The number of phenolic OH excluding ortho intramolecular Hbond substituents is 2. The maximum absolute atomic E-state index is 12.6. The number of benzene rings is 2. The lowest BCUT2D eigenvalue weighted by Gasteiger charge is -2.11. The van der Waals surface area contributed by atoms with Crippen molar-refractivity contribution >= 4 is 22.4 Å². The lowest BCUT2D eigenvalue weighted by Crippen LogP contribution is -2.27. The number of amides is 1. The van der Waals surface area contributed by atoms with Gasteiger partial charge in [-0.3, -0.25) is 4.79 Å². The second kappa shape index (κ2) is 8.17. The van der Waals surface area contributed by atoms with Crippen LogP contribution in [-0.4, -0.2) is 72.2 Å². The van der Waals surface area contributed by atoms with Gasteiger partial charge in [-0.1, -0.05) is 0 Å². The van der Waals surface area contributed by atoms with Gasteiger partial charge >= 0.3 is 0 Å². The number of aromatic amines is 1. The molecule has 4 rings (SSSR count). The molecule has 3 N–H and O–H groups in total. The zero-order chi connectivity index (χ0) is 22.3. The van der Waals surface area contributed by atoms with E-state index in [9.17, 15) is 15.0 Å². The SMILES string of the molecule is CN(C)CCC1=c2c(O)ccc(-c3ccc4[nH]cc(CCN(C)C)c4c3O)c2=NC1=O. The Kier molecular flexibility index (Phi) is 5.56.